The highest BCUT2D eigenvalue weighted by Gasteiger charge is 2.22. The van der Waals surface area contributed by atoms with Crippen LogP contribution in [-0.2, 0) is 4.79 Å². The molecule has 2 unspecified atom stereocenters. The van der Waals surface area contributed by atoms with Crippen molar-refractivity contribution in [2.24, 2.45) is 0 Å². The van der Waals surface area contributed by atoms with Gasteiger partial charge in [-0.1, -0.05) is 6.92 Å². The molecule has 0 saturated carbocycles. The number of hydrogen-bond donors (Lipinski definition) is 2. The lowest BCUT2D eigenvalue weighted by Gasteiger charge is -2.28. The molecule has 0 bridgehead atoms. The molecular formula is C15H25N3O. The van der Waals surface area contributed by atoms with E-state index in [1.165, 1.54) is 0 Å². The van der Waals surface area contributed by atoms with E-state index in [0.717, 1.165) is 12.0 Å². The van der Waals surface area contributed by atoms with Crippen LogP contribution in [0.3, 0.4) is 0 Å². The van der Waals surface area contributed by atoms with Crippen molar-refractivity contribution in [1.29, 1.82) is 0 Å². The summed E-state index contributed by atoms with van der Waals surface area (Å²) >= 11 is 0. The van der Waals surface area contributed by atoms with Gasteiger partial charge in [-0.05, 0) is 51.8 Å². The predicted molar refractivity (Wildman–Crippen MR) is 77.8 cm³/mol. The van der Waals surface area contributed by atoms with Crippen LogP contribution in [0.15, 0.2) is 24.5 Å². The summed E-state index contributed by atoms with van der Waals surface area (Å²) in [4.78, 5) is 16.1. The maximum Gasteiger partial charge on any atom is 0.237 e. The van der Waals surface area contributed by atoms with Crippen molar-refractivity contribution < 1.29 is 4.79 Å². The summed E-state index contributed by atoms with van der Waals surface area (Å²) < 4.78 is 0. The van der Waals surface area contributed by atoms with E-state index in [1.54, 1.807) is 12.4 Å². The zero-order chi connectivity index (χ0) is 14.5. The zero-order valence-electron chi connectivity index (χ0n) is 12.5. The highest BCUT2D eigenvalue weighted by molar-refractivity contribution is 5.82. The van der Waals surface area contributed by atoms with Crippen molar-refractivity contribution in [2.75, 3.05) is 0 Å². The first-order valence-corrected chi connectivity index (χ1v) is 6.83. The van der Waals surface area contributed by atoms with E-state index < -0.39 is 0 Å². The Hall–Kier alpha value is -1.42. The normalized spacial score (nSPS) is 14.8. The molecular weight excluding hydrogens is 238 g/mol. The van der Waals surface area contributed by atoms with Gasteiger partial charge in [0.05, 0.1) is 6.04 Å². The van der Waals surface area contributed by atoms with E-state index in [-0.39, 0.29) is 23.5 Å². The first kappa shape index (κ1) is 15.6. The Kier molecular flexibility index (Phi) is 5.48. The highest BCUT2D eigenvalue weighted by atomic mass is 16.2. The van der Waals surface area contributed by atoms with Crippen LogP contribution in [0.25, 0.3) is 0 Å². The molecule has 1 amide bonds. The molecule has 0 aromatic carbocycles. The van der Waals surface area contributed by atoms with E-state index in [1.807, 2.05) is 39.8 Å². The maximum atomic E-state index is 12.1. The number of pyridine rings is 1. The fourth-order valence-electron chi connectivity index (χ4n) is 1.73. The quantitative estimate of drug-likeness (QED) is 0.829. The summed E-state index contributed by atoms with van der Waals surface area (Å²) in [6.45, 7) is 10.1. The van der Waals surface area contributed by atoms with Gasteiger partial charge in [0.1, 0.15) is 0 Å². The fraction of sp³-hybridized carbons (Fsp3) is 0.600. The molecule has 2 N–H and O–H groups in total. The molecule has 1 aromatic rings. The monoisotopic (exact) mass is 263 g/mol. The average Bonchev–Trinajstić information content (AvgIpc) is 2.39. The van der Waals surface area contributed by atoms with Crippen molar-refractivity contribution in [3.05, 3.63) is 30.1 Å². The number of carbonyl (C=O) groups excluding carboxylic acids is 1. The van der Waals surface area contributed by atoms with E-state index in [2.05, 4.69) is 22.5 Å². The van der Waals surface area contributed by atoms with Crippen LogP contribution in [0, 0.1) is 0 Å². The summed E-state index contributed by atoms with van der Waals surface area (Å²) in [6.07, 6.45) is 4.43. The number of hydrogen-bond acceptors (Lipinski definition) is 3. The third-order valence-electron chi connectivity index (χ3n) is 3.44. The molecule has 0 aliphatic heterocycles. The van der Waals surface area contributed by atoms with Crippen molar-refractivity contribution >= 4 is 5.91 Å². The topological polar surface area (TPSA) is 54.0 Å². The zero-order valence-corrected chi connectivity index (χ0v) is 12.5. The Bertz CT molecular complexity index is 403. The molecule has 19 heavy (non-hydrogen) atoms. The largest absolute Gasteiger partial charge is 0.350 e. The lowest BCUT2D eigenvalue weighted by molar-refractivity contribution is -0.124. The number of aromatic nitrogens is 1. The van der Waals surface area contributed by atoms with Crippen molar-refractivity contribution in [3.63, 3.8) is 0 Å². The maximum absolute atomic E-state index is 12.1. The Morgan fingerprint density at radius 3 is 2.42 bits per heavy atom. The molecule has 0 radical (unpaired) electrons. The smallest absolute Gasteiger partial charge is 0.237 e. The van der Waals surface area contributed by atoms with Crippen LogP contribution in [0.2, 0.25) is 0 Å². The molecule has 1 aromatic heterocycles. The van der Waals surface area contributed by atoms with Crippen LogP contribution in [0.1, 0.15) is 52.6 Å². The summed E-state index contributed by atoms with van der Waals surface area (Å²) in [5.41, 5.74) is 0.969. The Morgan fingerprint density at radius 2 is 1.89 bits per heavy atom. The van der Waals surface area contributed by atoms with E-state index in [4.69, 9.17) is 0 Å². The third-order valence-corrected chi connectivity index (χ3v) is 3.44. The summed E-state index contributed by atoms with van der Waals surface area (Å²) in [5.74, 6) is 0.0350. The predicted octanol–water partition coefficient (Wildman–Crippen LogP) is 2.43. The van der Waals surface area contributed by atoms with Gasteiger partial charge in [0.15, 0.2) is 0 Å². The van der Waals surface area contributed by atoms with Crippen LogP contribution in [0.4, 0.5) is 0 Å². The van der Waals surface area contributed by atoms with E-state index in [9.17, 15) is 4.79 Å². The second kappa shape index (κ2) is 6.66. The summed E-state index contributed by atoms with van der Waals surface area (Å²) in [5, 5.41) is 6.35. The van der Waals surface area contributed by atoms with E-state index in [0.29, 0.717) is 0 Å². The fourth-order valence-corrected chi connectivity index (χ4v) is 1.73. The lowest BCUT2D eigenvalue weighted by atomic mass is 10.0. The van der Waals surface area contributed by atoms with Gasteiger partial charge in [-0.2, -0.15) is 0 Å². The van der Waals surface area contributed by atoms with Crippen LogP contribution < -0.4 is 10.6 Å². The Morgan fingerprint density at radius 1 is 1.32 bits per heavy atom. The number of amides is 1. The molecule has 1 rings (SSSR count). The Labute approximate surface area is 116 Å². The van der Waals surface area contributed by atoms with Crippen LogP contribution >= 0.6 is 0 Å². The number of nitrogens with one attached hydrogen (secondary N) is 2. The van der Waals surface area contributed by atoms with Gasteiger partial charge in [0.2, 0.25) is 5.91 Å². The molecule has 4 heteroatoms. The molecule has 0 aliphatic carbocycles. The molecule has 1 heterocycles. The van der Waals surface area contributed by atoms with Gasteiger partial charge in [-0.3, -0.25) is 15.1 Å². The molecule has 4 nitrogen and oxygen atoms in total. The van der Waals surface area contributed by atoms with Crippen LogP contribution in [-0.4, -0.2) is 22.5 Å². The van der Waals surface area contributed by atoms with Crippen molar-refractivity contribution in [1.82, 2.24) is 15.6 Å². The van der Waals surface area contributed by atoms with Gasteiger partial charge in [-0.15, -0.1) is 0 Å². The number of carbonyl (C=O) groups is 1. The SMILES string of the molecule is CCC(C)(C)NC(=O)C(C)NC(C)c1ccncc1. The highest BCUT2D eigenvalue weighted by Crippen LogP contribution is 2.12. The molecule has 0 spiro atoms. The third kappa shape index (κ3) is 4.99. The molecule has 2 atom stereocenters. The van der Waals surface area contributed by atoms with Gasteiger partial charge in [0.25, 0.3) is 0 Å². The second-order valence-corrected chi connectivity index (χ2v) is 5.62. The van der Waals surface area contributed by atoms with Gasteiger partial charge >= 0.3 is 0 Å². The number of nitrogens with zero attached hydrogens (tertiary/aromatic N) is 1. The van der Waals surface area contributed by atoms with E-state index >= 15 is 0 Å². The first-order valence-electron chi connectivity index (χ1n) is 6.83. The number of rotatable bonds is 6. The standard InChI is InChI=1S/C15H25N3O/c1-6-15(4,5)18-14(19)12(3)17-11(2)13-7-9-16-10-8-13/h7-12,17H,6H2,1-5H3,(H,18,19). The minimum absolute atomic E-state index is 0.0350. The Balaban J connectivity index is 2.55. The molecule has 0 saturated heterocycles. The summed E-state index contributed by atoms with van der Waals surface area (Å²) in [6, 6.07) is 3.80. The van der Waals surface area contributed by atoms with Gasteiger partial charge in [0, 0.05) is 24.0 Å². The van der Waals surface area contributed by atoms with Crippen LogP contribution in [0.5, 0.6) is 0 Å². The minimum Gasteiger partial charge on any atom is -0.350 e. The first-order chi connectivity index (χ1) is 8.85. The minimum atomic E-state index is -0.228. The van der Waals surface area contributed by atoms with Gasteiger partial charge in [-0.25, -0.2) is 0 Å². The molecule has 106 valence electrons. The van der Waals surface area contributed by atoms with Crippen molar-refractivity contribution in [2.45, 2.75) is 58.7 Å². The summed E-state index contributed by atoms with van der Waals surface area (Å²) in [7, 11) is 0. The molecule has 0 fully saturated rings. The average molecular weight is 263 g/mol. The van der Waals surface area contributed by atoms with Crippen molar-refractivity contribution in [3.8, 4) is 0 Å². The van der Waals surface area contributed by atoms with Gasteiger partial charge < -0.3 is 5.32 Å². The second-order valence-electron chi connectivity index (χ2n) is 5.62. The molecule has 0 aliphatic rings. The lowest BCUT2D eigenvalue weighted by Crippen LogP contribution is -2.51.